The highest BCUT2D eigenvalue weighted by Crippen LogP contribution is 2.37. The van der Waals surface area contributed by atoms with Crippen LogP contribution in [0.25, 0.3) is 10.8 Å². The molecule has 0 spiro atoms. The molecule has 3 amide bonds. The number of rotatable bonds is 13. The standard InChI is InChI=1S/C42H46N6O8S/c1-42(2,3)26-22-32(40(50)51)38(55-5)34(23-26)47-41(52)46-33-12-13-35(30-9-7-6-8-29(30)33)56-28-14-15-43-37(25-28)45-27-10-11-31(36(24-27)54-4)39(49)44-16-17-48-18-20-57(53)21-19-48/h6-15,22-25H,16-21H2,1-5H3,(H,43,45)(H,44,49)(H,50,51)(H2,46,47,52). The van der Waals surface area contributed by atoms with Crippen LogP contribution in [0.4, 0.5) is 27.7 Å². The number of urea groups is 1. The largest absolute Gasteiger partial charge is 0.616 e. The van der Waals surface area contributed by atoms with Gasteiger partial charge in [0.15, 0.2) is 5.75 Å². The van der Waals surface area contributed by atoms with Crippen LogP contribution in [0.3, 0.4) is 0 Å². The normalized spacial score (nSPS) is 13.4. The van der Waals surface area contributed by atoms with Crippen molar-refractivity contribution in [3.63, 3.8) is 0 Å². The molecule has 0 radical (unpaired) electrons. The number of nitrogens with one attached hydrogen (secondary N) is 4. The van der Waals surface area contributed by atoms with Crippen molar-refractivity contribution >= 4 is 62.7 Å². The van der Waals surface area contributed by atoms with Crippen LogP contribution in [0.15, 0.2) is 85.1 Å². The van der Waals surface area contributed by atoms with Gasteiger partial charge in [0.05, 0.1) is 31.2 Å². The molecule has 5 N–H and O–H groups in total. The number of anilines is 4. The maximum absolute atomic E-state index is 13.4. The highest BCUT2D eigenvalue weighted by Gasteiger charge is 2.24. The summed E-state index contributed by atoms with van der Waals surface area (Å²) in [6.07, 6.45) is 1.61. The molecule has 1 saturated heterocycles. The molecule has 14 nitrogen and oxygen atoms in total. The van der Waals surface area contributed by atoms with Crippen LogP contribution in [-0.4, -0.2) is 89.4 Å². The second-order valence-electron chi connectivity index (χ2n) is 14.4. The first-order valence-corrected chi connectivity index (χ1v) is 19.8. The molecule has 1 fully saturated rings. The van der Waals surface area contributed by atoms with Crippen LogP contribution in [-0.2, 0) is 16.6 Å². The highest BCUT2D eigenvalue weighted by atomic mass is 32.2. The molecule has 0 unspecified atom stereocenters. The second-order valence-corrected chi connectivity index (χ2v) is 16.1. The van der Waals surface area contributed by atoms with E-state index in [2.05, 4.69) is 31.2 Å². The average Bonchev–Trinajstić information content (AvgIpc) is 3.19. The van der Waals surface area contributed by atoms with Crippen LogP contribution in [0.2, 0.25) is 0 Å². The Bertz CT molecular complexity index is 2270. The van der Waals surface area contributed by atoms with Gasteiger partial charge in [0, 0.05) is 61.0 Å². The van der Waals surface area contributed by atoms with Gasteiger partial charge < -0.3 is 45.1 Å². The molecule has 2 heterocycles. The number of carboxylic acid groups (broad SMARTS) is 1. The van der Waals surface area contributed by atoms with E-state index in [9.17, 15) is 24.0 Å². The fraction of sp³-hybridized carbons (Fsp3) is 0.286. The number of ether oxygens (including phenoxy) is 3. The number of methoxy groups -OCH3 is 2. The summed E-state index contributed by atoms with van der Waals surface area (Å²) < 4.78 is 28.9. The number of amides is 3. The number of aromatic carboxylic acids is 1. The van der Waals surface area contributed by atoms with Gasteiger partial charge in [-0.2, -0.15) is 0 Å². The zero-order valence-corrected chi connectivity index (χ0v) is 33.2. The number of carbonyl (C=O) groups is 3. The lowest BCUT2D eigenvalue weighted by molar-refractivity contribution is 0.0692. The Hall–Kier alpha value is -6.03. The monoisotopic (exact) mass is 794 g/mol. The summed E-state index contributed by atoms with van der Waals surface area (Å²) in [7, 11) is 2.87. The number of aromatic nitrogens is 1. The molecule has 0 bridgehead atoms. The predicted molar refractivity (Wildman–Crippen MR) is 222 cm³/mol. The smallest absolute Gasteiger partial charge is 0.339 e. The highest BCUT2D eigenvalue weighted by molar-refractivity contribution is 7.91. The van der Waals surface area contributed by atoms with E-state index < -0.39 is 23.2 Å². The molecule has 1 aliphatic heterocycles. The zero-order valence-electron chi connectivity index (χ0n) is 32.4. The summed E-state index contributed by atoms with van der Waals surface area (Å²) in [4.78, 5) is 45.1. The number of hydrogen-bond acceptors (Lipinski definition) is 10. The van der Waals surface area contributed by atoms with Crippen molar-refractivity contribution in [1.82, 2.24) is 15.2 Å². The Labute approximate surface area is 334 Å². The maximum atomic E-state index is 13.4. The lowest BCUT2D eigenvalue weighted by atomic mass is 9.85. The van der Waals surface area contributed by atoms with E-state index in [1.807, 2.05) is 45.0 Å². The molecular formula is C42H46N6O8S. The third-order valence-electron chi connectivity index (χ3n) is 9.43. The lowest BCUT2D eigenvalue weighted by Gasteiger charge is -2.27. The van der Waals surface area contributed by atoms with Gasteiger partial charge >= 0.3 is 12.0 Å². The fourth-order valence-electron chi connectivity index (χ4n) is 6.38. The van der Waals surface area contributed by atoms with Crippen molar-refractivity contribution in [2.75, 3.05) is 67.9 Å². The van der Waals surface area contributed by atoms with Crippen LogP contribution in [0.1, 0.15) is 47.1 Å². The van der Waals surface area contributed by atoms with Crippen LogP contribution in [0.5, 0.6) is 23.0 Å². The fourth-order valence-corrected chi connectivity index (χ4v) is 7.50. The first-order chi connectivity index (χ1) is 27.3. The van der Waals surface area contributed by atoms with Gasteiger partial charge in [-0.1, -0.05) is 56.2 Å². The Morgan fingerprint density at radius 3 is 2.30 bits per heavy atom. The third kappa shape index (κ3) is 10.0. The Balaban J connectivity index is 1.13. The lowest BCUT2D eigenvalue weighted by Crippen LogP contribution is -2.43. The molecule has 298 valence electrons. The van der Waals surface area contributed by atoms with E-state index in [0.717, 1.165) is 24.0 Å². The van der Waals surface area contributed by atoms with Crippen molar-refractivity contribution < 1.29 is 38.3 Å². The van der Waals surface area contributed by atoms with Gasteiger partial charge in [-0.3, -0.25) is 9.69 Å². The van der Waals surface area contributed by atoms with Gasteiger partial charge in [0.25, 0.3) is 5.91 Å². The van der Waals surface area contributed by atoms with Gasteiger partial charge in [-0.25, -0.2) is 14.6 Å². The molecule has 57 heavy (non-hydrogen) atoms. The zero-order chi connectivity index (χ0) is 40.7. The van der Waals surface area contributed by atoms with Gasteiger partial charge in [0.1, 0.15) is 40.1 Å². The van der Waals surface area contributed by atoms with Crippen molar-refractivity contribution in [3.8, 4) is 23.0 Å². The van der Waals surface area contributed by atoms with Crippen LogP contribution >= 0.6 is 0 Å². The molecule has 15 heteroatoms. The molecule has 5 aromatic rings. The predicted octanol–water partition coefficient (Wildman–Crippen LogP) is 7.22. The summed E-state index contributed by atoms with van der Waals surface area (Å²) in [5, 5.41) is 23.2. The van der Waals surface area contributed by atoms with Crippen molar-refractivity contribution in [2.24, 2.45) is 0 Å². The molecule has 1 aliphatic rings. The first-order valence-electron chi connectivity index (χ1n) is 18.3. The topological polar surface area (TPSA) is 186 Å². The summed E-state index contributed by atoms with van der Waals surface area (Å²) in [5.41, 5.74) is 2.05. The summed E-state index contributed by atoms with van der Waals surface area (Å²) in [6, 6.07) is 22.3. The molecule has 4 aromatic carbocycles. The van der Waals surface area contributed by atoms with Gasteiger partial charge in [-0.05, 0) is 53.4 Å². The number of fused-ring (bicyclic) bond motifs is 1. The third-order valence-corrected chi connectivity index (χ3v) is 10.7. The molecule has 0 saturated carbocycles. The molecule has 1 aromatic heterocycles. The van der Waals surface area contributed by atoms with Crippen molar-refractivity contribution in [3.05, 3.63) is 102 Å². The molecule has 6 rings (SSSR count). The van der Waals surface area contributed by atoms with Gasteiger partial charge in [-0.15, -0.1) is 0 Å². The molecule has 0 aliphatic carbocycles. The first kappa shape index (κ1) is 40.6. The van der Waals surface area contributed by atoms with Crippen molar-refractivity contribution in [1.29, 1.82) is 0 Å². The summed E-state index contributed by atoms with van der Waals surface area (Å²) in [5.74, 6) is 1.88. The van der Waals surface area contributed by atoms with E-state index in [4.69, 9.17) is 14.2 Å². The Morgan fingerprint density at radius 2 is 1.60 bits per heavy atom. The second kappa shape index (κ2) is 17.8. The maximum Gasteiger partial charge on any atom is 0.339 e. The van der Waals surface area contributed by atoms with E-state index in [1.54, 1.807) is 60.8 Å². The Kier molecular flexibility index (Phi) is 12.7. The number of carboxylic acids is 1. The summed E-state index contributed by atoms with van der Waals surface area (Å²) >= 11 is -0.745. The number of pyridine rings is 1. The Morgan fingerprint density at radius 1 is 0.860 bits per heavy atom. The van der Waals surface area contributed by atoms with E-state index in [-0.39, 0.29) is 28.3 Å². The minimum absolute atomic E-state index is 0.0467. The average molecular weight is 795 g/mol. The summed E-state index contributed by atoms with van der Waals surface area (Å²) in [6.45, 7) is 8.54. The minimum atomic E-state index is -1.17. The number of nitrogens with zero attached hydrogens (tertiary/aromatic N) is 2. The molecule has 0 atom stereocenters. The quantitative estimate of drug-likeness (QED) is 0.0758. The number of benzene rings is 4. The van der Waals surface area contributed by atoms with E-state index in [0.29, 0.717) is 70.0 Å². The van der Waals surface area contributed by atoms with E-state index >= 15 is 0 Å². The van der Waals surface area contributed by atoms with Crippen LogP contribution < -0.4 is 35.5 Å². The minimum Gasteiger partial charge on any atom is -0.616 e. The number of carbonyl (C=O) groups excluding carboxylic acids is 2. The van der Waals surface area contributed by atoms with Crippen molar-refractivity contribution in [2.45, 2.75) is 26.2 Å². The number of hydrogen-bond donors (Lipinski definition) is 5. The SMILES string of the molecule is COc1cc(Nc2cc(Oc3ccc(NC(=O)Nc4cc(C(C)(C)C)cc(C(=O)O)c4OC)c4ccccc34)ccn2)ccc1C(=O)NCCN1CC[S+]([O-])CC1. The van der Waals surface area contributed by atoms with Gasteiger partial charge in [0.2, 0.25) is 0 Å². The molecular weight excluding hydrogens is 749 g/mol. The van der Waals surface area contributed by atoms with Crippen LogP contribution in [0, 0.1) is 0 Å². The van der Waals surface area contributed by atoms with E-state index in [1.165, 1.54) is 14.2 Å².